The molecule has 1 aromatic rings. The van der Waals surface area contributed by atoms with Gasteiger partial charge in [-0.1, -0.05) is 76.1 Å². The Labute approximate surface area is 201 Å². The van der Waals surface area contributed by atoms with Crippen molar-refractivity contribution >= 4 is 11.9 Å². The van der Waals surface area contributed by atoms with Crippen molar-refractivity contribution in [2.45, 2.75) is 97.9 Å². The minimum absolute atomic E-state index is 0.273. The zero-order valence-corrected chi connectivity index (χ0v) is 21.2. The molecule has 0 atom stereocenters. The summed E-state index contributed by atoms with van der Waals surface area (Å²) in [5.41, 5.74) is 1.53. The number of nitrogens with zero attached hydrogens (tertiary/aromatic N) is 1. The summed E-state index contributed by atoms with van der Waals surface area (Å²) in [4.78, 5) is 27.5. The lowest BCUT2D eigenvalue weighted by molar-refractivity contribution is -0.176. The minimum atomic E-state index is -1.15. The largest absolute Gasteiger partial charge is 0.465 e. The van der Waals surface area contributed by atoms with Crippen LogP contribution >= 0.6 is 0 Å². The maximum absolute atomic E-state index is 12.6. The zero-order valence-electron chi connectivity index (χ0n) is 21.2. The van der Waals surface area contributed by atoms with Gasteiger partial charge in [0.25, 0.3) is 0 Å². The smallest absolute Gasteiger partial charge is 0.323 e. The molecule has 0 radical (unpaired) electrons. The van der Waals surface area contributed by atoms with Crippen molar-refractivity contribution < 1.29 is 19.1 Å². The molecule has 1 aliphatic heterocycles. The molecule has 0 aromatic heterocycles. The van der Waals surface area contributed by atoms with Crippen molar-refractivity contribution in [2.75, 3.05) is 26.3 Å². The second kappa shape index (κ2) is 15.1. The summed E-state index contributed by atoms with van der Waals surface area (Å²) in [6.45, 7) is 8.54. The third-order valence-corrected chi connectivity index (χ3v) is 6.79. The van der Waals surface area contributed by atoms with Crippen LogP contribution in [0.4, 0.5) is 0 Å². The Morgan fingerprint density at radius 3 is 1.76 bits per heavy atom. The summed E-state index contributed by atoms with van der Waals surface area (Å²) >= 11 is 0. The Bertz CT molecular complexity index is 672. The van der Waals surface area contributed by atoms with Gasteiger partial charge in [0.2, 0.25) is 0 Å². The number of hydrogen-bond acceptors (Lipinski definition) is 5. The van der Waals surface area contributed by atoms with Crippen LogP contribution in [0.5, 0.6) is 0 Å². The molecular weight excluding hydrogens is 414 g/mol. The number of esters is 2. The van der Waals surface area contributed by atoms with Crippen LogP contribution in [0, 0.1) is 5.41 Å². The van der Waals surface area contributed by atoms with Gasteiger partial charge in [-0.15, -0.1) is 0 Å². The Morgan fingerprint density at radius 2 is 1.24 bits per heavy atom. The van der Waals surface area contributed by atoms with Gasteiger partial charge in [-0.2, -0.15) is 0 Å². The molecule has 0 N–H and O–H groups in total. The average Bonchev–Trinajstić information content (AvgIpc) is 2.82. The first-order valence-corrected chi connectivity index (χ1v) is 13.2. The molecule has 0 amide bonds. The first-order valence-electron chi connectivity index (χ1n) is 13.2. The van der Waals surface area contributed by atoms with Gasteiger partial charge in [0.05, 0.1) is 13.2 Å². The van der Waals surface area contributed by atoms with Gasteiger partial charge < -0.3 is 9.47 Å². The highest BCUT2D eigenvalue weighted by Crippen LogP contribution is 2.35. The van der Waals surface area contributed by atoms with Gasteiger partial charge in [0, 0.05) is 19.6 Å². The SMILES string of the molecule is CCCCCCCCCCc1ccc(CN2CCC(C(=O)OCC)(C(=O)OCC)CC2)cc1. The van der Waals surface area contributed by atoms with E-state index < -0.39 is 17.4 Å². The standard InChI is InChI=1S/C28H45NO4/c1-4-7-8-9-10-11-12-13-14-24-15-17-25(18-16-24)23-29-21-19-28(20-22-29,26(30)32-5-2)27(31)33-6-3/h15-18H,4-14,19-23H2,1-3H3. The van der Waals surface area contributed by atoms with Crippen LogP contribution in [0.25, 0.3) is 0 Å². The zero-order chi connectivity index (χ0) is 23.9. The number of likely N-dealkylation sites (tertiary alicyclic amines) is 1. The number of rotatable bonds is 15. The number of carbonyl (C=O) groups is 2. The summed E-state index contributed by atoms with van der Waals surface area (Å²) in [5.74, 6) is -0.873. The fraction of sp³-hybridized carbons (Fsp3) is 0.714. The van der Waals surface area contributed by atoms with Crippen molar-refractivity contribution in [1.29, 1.82) is 0 Å². The first-order chi connectivity index (χ1) is 16.1. The molecule has 186 valence electrons. The normalized spacial score (nSPS) is 15.8. The molecular formula is C28H45NO4. The number of aryl methyl sites for hydroxylation is 1. The van der Waals surface area contributed by atoms with E-state index in [9.17, 15) is 9.59 Å². The highest BCUT2D eigenvalue weighted by atomic mass is 16.6. The van der Waals surface area contributed by atoms with Gasteiger partial charge in [-0.25, -0.2) is 0 Å². The van der Waals surface area contributed by atoms with Crippen molar-refractivity contribution in [3.63, 3.8) is 0 Å². The Balaban J connectivity index is 1.76. The number of carbonyl (C=O) groups excluding carboxylic acids is 2. The summed E-state index contributed by atoms with van der Waals surface area (Å²) in [7, 11) is 0. The van der Waals surface area contributed by atoms with E-state index in [1.54, 1.807) is 13.8 Å². The molecule has 1 aromatic carbocycles. The predicted molar refractivity (Wildman–Crippen MR) is 133 cm³/mol. The summed E-state index contributed by atoms with van der Waals surface area (Å²) in [6, 6.07) is 8.95. The molecule has 1 fully saturated rings. The van der Waals surface area contributed by atoms with Crippen LogP contribution in [0.1, 0.15) is 96.1 Å². The number of unbranched alkanes of at least 4 members (excludes halogenated alkanes) is 7. The van der Waals surface area contributed by atoms with Gasteiger partial charge in [-0.3, -0.25) is 14.5 Å². The Kier molecular flexibility index (Phi) is 12.5. The monoisotopic (exact) mass is 459 g/mol. The van der Waals surface area contributed by atoms with Crippen molar-refractivity contribution in [1.82, 2.24) is 4.90 Å². The van der Waals surface area contributed by atoms with E-state index in [4.69, 9.17) is 9.47 Å². The molecule has 0 spiro atoms. The first kappa shape index (κ1) is 27.4. The van der Waals surface area contributed by atoms with Gasteiger partial charge in [0.15, 0.2) is 5.41 Å². The predicted octanol–water partition coefficient (Wildman–Crippen LogP) is 6.08. The van der Waals surface area contributed by atoms with Crippen LogP contribution in [-0.2, 0) is 32.0 Å². The van der Waals surface area contributed by atoms with Crippen LogP contribution in [-0.4, -0.2) is 43.1 Å². The summed E-state index contributed by atoms with van der Waals surface area (Å²) in [5, 5.41) is 0. The van der Waals surface area contributed by atoms with E-state index in [1.807, 2.05) is 0 Å². The van der Waals surface area contributed by atoms with Crippen molar-refractivity contribution in [3.05, 3.63) is 35.4 Å². The molecule has 33 heavy (non-hydrogen) atoms. The lowest BCUT2D eigenvalue weighted by atomic mass is 9.78. The number of hydrogen-bond donors (Lipinski definition) is 0. The van der Waals surface area contributed by atoms with E-state index in [0.717, 1.165) is 13.0 Å². The highest BCUT2D eigenvalue weighted by molar-refractivity contribution is 6.00. The molecule has 0 bridgehead atoms. The Morgan fingerprint density at radius 1 is 0.758 bits per heavy atom. The third-order valence-electron chi connectivity index (χ3n) is 6.79. The number of benzene rings is 1. The van der Waals surface area contributed by atoms with Gasteiger partial charge in [-0.05, 0) is 50.7 Å². The number of piperidine rings is 1. The van der Waals surface area contributed by atoms with Crippen molar-refractivity contribution in [3.8, 4) is 0 Å². The van der Waals surface area contributed by atoms with E-state index in [0.29, 0.717) is 25.9 Å². The number of ether oxygens (including phenoxy) is 2. The lowest BCUT2D eigenvalue weighted by Gasteiger charge is -2.38. The van der Waals surface area contributed by atoms with E-state index in [1.165, 1.54) is 62.5 Å². The molecule has 1 heterocycles. The van der Waals surface area contributed by atoms with Crippen LogP contribution < -0.4 is 0 Å². The van der Waals surface area contributed by atoms with Crippen LogP contribution in [0.15, 0.2) is 24.3 Å². The van der Waals surface area contributed by atoms with E-state index >= 15 is 0 Å². The second-order valence-corrected chi connectivity index (χ2v) is 9.34. The lowest BCUT2D eigenvalue weighted by Crippen LogP contribution is -2.50. The van der Waals surface area contributed by atoms with Gasteiger partial charge >= 0.3 is 11.9 Å². The molecule has 5 nitrogen and oxygen atoms in total. The summed E-state index contributed by atoms with van der Waals surface area (Å²) < 4.78 is 10.5. The second-order valence-electron chi connectivity index (χ2n) is 9.34. The molecule has 0 aliphatic carbocycles. The van der Waals surface area contributed by atoms with Gasteiger partial charge in [0.1, 0.15) is 0 Å². The van der Waals surface area contributed by atoms with Crippen molar-refractivity contribution in [2.24, 2.45) is 5.41 Å². The van der Waals surface area contributed by atoms with E-state index in [2.05, 4.69) is 36.1 Å². The topological polar surface area (TPSA) is 55.8 Å². The average molecular weight is 460 g/mol. The molecule has 0 unspecified atom stereocenters. The third kappa shape index (κ3) is 8.77. The maximum Gasteiger partial charge on any atom is 0.323 e. The quantitative estimate of drug-likeness (QED) is 0.181. The minimum Gasteiger partial charge on any atom is -0.465 e. The summed E-state index contributed by atoms with van der Waals surface area (Å²) in [6.07, 6.45) is 12.8. The maximum atomic E-state index is 12.6. The fourth-order valence-electron chi connectivity index (χ4n) is 4.66. The fourth-order valence-corrected chi connectivity index (χ4v) is 4.66. The highest BCUT2D eigenvalue weighted by Gasteiger charge is 2.50. The van der Waals surface area contributed by atoms with E-state index in [-0.39, 0.29) is 13.2 Å². The van der Waals surface area contributed by atoms with Crippen LogP contribution in [0.2, 0.25) is 0 Å². The molecule has 2 rings (SSSR count). The molecule has 0 saturated carbocycles. The molecule has 1 aliphatic rings. The molecule has 5 heteroatoms. The molecule has 1 saturated heterocycles. The Hall–Kier alpha value is -1.88. The van der Waals surface area contributed by atoms with Crippen LogP contribution in [0.3, 0.4) is 0 Å².